The number of hydrogen-bond donors (Lipinski definition) is 2. The van der Waals surface area contributed by atoms with Crippen molar-refractivity contribution in [3.05, 3.63) is 11.8 Å². The van der Waals surface area contributed by atoms with Crippen molar-refractivity contribution in [3.63, 3.8) is 0 Å². The van der Waals surface area contributed by atoms with Gasteiger partial charge in [0.25, 0.3) is 0 Å². The van der Waals surface area contributed by atoms with Crippen molar-refractivity contribution in [3.8, 4) is 0 Å². The number of rotatable bonds is 3. The summed E-state index contributed by atoms with van der Waals surface area (Å²) in [6.45, 7) is 3.89. The van der Waals surface area contributed by atoms with Gasteiger partial charge in [0.05, 0.1) is 6.04 Å². The van der Waals surface area contributed by atoms with Crippen LogP contribution in [0.3, 0.4) is 0 Å². The van der Waals surface area contributed by atoms with Gasteiger partial charge in [-0.3, -0.25) is 4.79 Å². The molecule has 0 aliphatic carbocycles. The predicted molar refractivity (Wildman–Crippen MR) is 55.0 cm³/mol. The summed E-state index contributed by atoms with van der Waals surface area (Å²) in [6, 6.07) is 0.737. The molecule has 74 valence electrons. The molecule has 3 nitrogen and oxygen atoms in total. The van der Waals surface area contributed by atoms with Crippen LogP contribution in [0.4, 0.5) is 0 Å². The largest absolute Gasteiger partial charge is 0.480 e. The van der Waals surface area contributed by atoms with Gasteiger partial charge in [-0.1, -0.05) is 24.7 Å². The fraction of sp³-hybridized carbons (Fsp3) is 0.667. The van der Waals surface area contributed by atoms with Crippen molar-refractivity contribution < 1.29 is 9.90 Å². The van der Waals surface area contributed by atoms with Crippen LogP contribution in [0.1, 0.15) is 19.8 Å². The molecule has 0 radical (unpaired) electrons. The molecule has 0 spiro atoms. The first-order valence-corrected chi connectivity index (χ1v) is 7.50. The molecule has 0 amide bonds. The van der Waals surface area contributed by atoms with Gasteiger partial charge in [-0.05, 0) is 19.4 Å². The molecule has 0 fully saturated rings. The van der Waals surface area contributed by atoms with Crippen LogP contribution in [0.25, 0.3) is 0 Å². The lowest BCUT2D eigenvalue weighted by molar-refractivity contribution is -0.138. The van der Waals surface area contributed by atoms with Crippen molar-refractivity contribution in [1.29, 1.82) is 0 Å². The third-order valence-corrected chi connectivity index (χ3v) is 5.93. The minimum atomic E-state index is -1.57. The molecule has 0 saturated carbocycles. The number of carboxylic acids is 1. The third-order valence-electron chi connectivity index (χ3n) is 2.47. The van der Waals surface area contributed by atoms with E-state index in [0.29, 0.717) is 0 Å². The molecular weight excluding hydrogens is 182 g/mol. The third kappa shape index (κ3) is 2.97. The molecule has 2 N–H and O–H groups in total. The first-order chi connectivity index (χ1) is 6.03. The molecule has 4 heteroatoms. The molecule has 0 saturated heterocycles. The molecule has 2 unspecified atom stereocenters. The Kier molecular flexibility index (Phi) is 3.27. The van der Waals surface area contributed by atoms with Gasteiger partial charge < -0.3 is 10.1 Å². The van der Waals surface area contributed by atoms with E-state index in [1.165, 1.54) is 6.42 Å². The summed E-state index contributed by atoms with van der Waals surface area (Å²) in [4.78, 5) is 13.9. The molecule has 13 heavy (non-hydrogen) atoms. The molecule has 0 aromatic heterocycles. The zero-order valence-electron chi connectivity index (χ0n) is 8.21. The fourth-order valence-corrected chi connectivity index (χ4v) is 4.84. The minimum Gasteiger partial charge on any atom is -0.480 e. The normalized spacial score (nSPS) is 30.0. The van der Waals surface area contributed by atoms with E-state index in [0.717, 1.165) is 12.5 Å². The Morgan fingerprint density at radius 2 is 2.38 bits per heavy atom. The van der Waals surface area contributed by atoms with Crippen LogP contribution < -0.4 is 4.98 Å². The summed E-state index contributed by atoms with van der Waals surface area (Å²) in [5, 5.41) is 8.76. The van der Waals surface area contributed by atoms with E-state index in [2.05, 4.69) is 23.3 Å². The van der Waals surface area contributed by atoms with Crippen molar-refractivity contribution in [2.24, 2.45) is 0 Å². The second-order valence-electron chi connectivity index (χ2n) is 3.92. The maximum atomic E-state index is 10.7. The second kappa shape index (κ2) is 4.06. The van der Waals surface area contributed by atoms with Crippen LogP contribution in [0.2, 0.25) is 12.6 Å². The van der Waals surface area contributed by atoms with Crippen molar-refractivity contribution in [2.75, 3.05) is 0 Å². The average molecular weight is 199 g/mol. The van der Waals surface area contributed by atoms with Crippen LogP contribution >= 0.6 is 0 Å². The predicted octanol–water partition coefficient (Wildman–Crippen LogP) is 1.51. The molecule has 0 aromatic rings. The first-order valence-electron chi connectivity index (χ1n) is 4.72. The Bertz CT molecular complexity index is 230. The number of carbonyl (C=O) groups is 1. The molecule has 1 aliphatic rings. The van der Waals surface area contributed by atoms with Gasteiger partial charge in [-0.15, -0.1) is 0 Å². The zero-order chi connectivity index (χ0) is 9.90. The van der Waals surface area contributed by atoms with E-state index in [-0.39, 0.29) is 0 Å². The summed E-state index contributed by atoms with van der Waals surface area (Å²) >= 11 is 0. The summed E-state index contributed by atoms with van der Waals surface area (Å²) in [6.07, 6.45) is 4.52. The van der Waals surface area contributed by atoms with Gasteiger partial charge in [-0.2, -0.15) is 0 Å². The summed E-state index contributed by atoms with van der Waals surface area (Å²) in [5.41, 5.74) is 2.22. The Morgan fingerprint density at radius 1 is 1.69 bits per heavy atom. The highest BCUT2D eigenvalue weighted by molar-refractivity contribution is 6.81. The lowest BCUT2D eigenvalue weighted by Crippen LogP contribution is -2.53. The first kappa shape index (κ1) is 10.5. The van der Waals surface area contributed by atoms with Gasteiger partial charge in [0, 0.05) is 0 Å². The zero-order valence-corrected chi connectivity index (χ0v) is 9.21. The quantitative estimate of drug-likeness (QED) is 0.677. The highest BCUT2D eigenvalue weighted by Gasteiger charge is 2.29. The number of allylic oxidation sites excluding steroid dienone is 1. The lowest BCUT2D eigenvalue weighted by Gasteiger charge is -2.29. The molecule has 1 aliphatic heterocycles. The fourth-order valence-electron chi connectivity index (χ4n) is 1.69. The number of carboxylic acid groups (broad SMARTS) is 1. The molecule has 0 bridgehead atoms. The number of hydrogen-bond acceptors (Lipinski definition) is 2. The van der Waals surface area contributed by atoms with E-state index in [1.807, 2.05) is 0 Å². The molecule has 1 heterocycles. The van der Waals surface area contributed by atoms with Crippen molar-refractivity contribution in [1.82, 2.24) is 4.98 Å². The topological polar surface area (TPSA) is 49.3 Å². The average Bonchev–Trinajstić information content (AvgIpc) is 2.04. The highest BCUT2D eigenvalue weighted by Crippen LogP contribution is 2.19. The lowest BCUT2D eigenvalue weighted by atomic mass is 10.3. The maximum absolute atomic E-state index is 10.7. The van der Waals surface area contributed by atoms with Gasteiger partial charge in [-0.25, -0.2) is 0 Å². The van der Waals surface area contributed by atoms with Crippen molar-refractivity contribution in [2.45, 2.75) is 38.4 Å². The molecule has 2 atom stereocenters. The van der Waals surface area contributed by atoms with Crippen LogP contribution in [0, 0.1) is 0 Å². The van der Waals surface area contributed by atoms with Gasteiger partial charge in [0.1, 0.15) is 8.24 Å². The minimum absolute atomic E-state index is 0.417. The van der Waals surface area contributed by atoms with Crippen LogP contribution in [-0.2, 0) is 4.79 Å². The van der Waals surface area contributed by atoms with Crippen LogP contribution in [0.15, 0.2) is 11.8 Å². The SMILES string of the molecule is CC(N[Si]1(C)C=CCCC1)C(=O)O. The standard InChI is InChI=1S/C9H17NO2Si/c1-8(9(11)12)10-13(2)6-4-3-5-7-13/h4,6,8,10H,3,5,7H2,1-2H3,(H,11,12). The van der Waals surface area contributed by atoms with Gasteiger partial charge in [0.2, 0.25) is 0 Å². The van der Waals surface area contributed by atoms with Crippen LogP contribution in [-0.4, -0.2) is 25.4 Å². The van der Waals surface area contributed by atoms with E-state index < -0.39 is 20.2 Å². The van der Waals surface area contributed by atoms with Gasteiger partial charge >= 0.3 is 5.97 Å². The van der Waals surface area contributed by atoms with Crippen molar-refractivity contribution >= 4 is 14.2 Å². The summed E-state index contributed by atoms with van der Waals surface area (Å²) in [5.74, 6) is -0.757. The Labute approximate surface area is 79.9 Å². The van der Waals surface area contributed by atoms with Gasteiger partial charge in [0.15, 0.2) is 0 Å². The van der Waals surface area contributed by atoms with E-state index in [4.69, 9.17) is 5.11 Å². The molecular formula is C9H17NO2Si. The smallest absolute Gasteiger partial charge is 0.319 e. The Balaban J connectivity index is 2.55. The van der Waals surface area contributed by atoms with E-state index in [1.54, 1.807) is 6.92 Å². The van der Waals surface area contributed by atoms with Crippen LogP contribution in [0.5, 0.6) is 0 Å². The Morgan fingerprint density at radius 3 is 2.85 bits per heavy atom. The number of nitrogens with one attached hydrogen (secondary N) is 1. The Hall–Kier alpha value is -0.613. The highest BCUT2D eigenvalue weighted by atomic mass is 28.3. The molecule has 1 rings (SSSR count). The maximum Gasteiger partial charge on any atom is 0.319 e. The van der Waals surface area contributed by atoms with E-state index >= 15 is 0 Å². The number of aliphatic carboxylic acids is 1. The molecule has 0 aromatic carbocycles. The second-order valence-corrected chi connectivity index (χ2v) is 7.87. The summed E-state index contributed by atoms with van der Waals surface area (Å²) in [7, 11) is -1.57. The van der Waals surface area contributed by atoms with E-state index in [9.17, 15) is 4.79 Å². The monoisotopic (exact) mass is 199 g/mol. The summed E-state index contributed by atoms with van der Waals surface area (Å²) < 4.78 is 0.